The number of thiophene rings is 1. The molecule has 152 valence electrons. The van der Waals surface area contributed by atoms with E-state index in [1.54, 1.807) is 35.7 Å². The second-order valence-electron chi connectivity index (χ2n) is 5.98. The minimum Gasteiger partial charge on any atom is -0.496 e. The van der Waals surface area contributed by atoms with Crippen molar-refractivity contribution in [1.29, 1.82) is 0 Å². The molecule has 6 nitrogen and oxygen atoms in total. The van der Waals surface area contributed by atoms with Crippen molar-refractivity contribution in [1.82, 2.24) is 5.32 Å². The lowest BCUT2D eigenvalue weighted by Crippen LogP contribution is -2.40. The van der Waals surface area contributed by atoms with Crippen LogP contribution in [0.1, 0.15) is 5.56 Å². The van der Waals surface area contributed by atoms with Crippen molar-refractivity contribution in [2.24, 2.45) is 0 Å². The molecule has 0 saturated carbocycles. The Hall–Kier alpha value is -2.91. The van der Waals surface area contributed by atoms with Gasteiger partial charge in [-0.15, -0.1) is 11.3 Å². The molecule has 0 aliphatic heterocycles. The van der Waals surface area contributed by atoms with Crippen LogP contribution in [0.3, 0.4) is 0 Å². The summed E-state index contributed by atoms with van der Waals surface area (Å²) in [5.41, 5.74) is 0.551. The lowest BCUT2D eigenvalue weighted by atomic mass is 10.2. The second-order valence-corrected chi connectivity index (χ2v) is 9.02. The third-order valence-corrected chi connectivity index (χ3v) is 7.25. The van der Waals surface area contributed by atoms with Gasteiger partial charge in [0.05, 0.1) is 12.8 Å². The Morgan fingerprint density at radius 1 is 1.10 bits per heavy atom. The summed E-state index contributed by atoms with van der Waals surface area (Å²) in [6.45, 7) is -0.413. The summed E-state index contributed by atoms with van der Waals surface area (Å²) in [6, 6.07) is 15.6. The molecule has 0 saturated heterocycles. The number of sulfonamides is 1. The molecule has 3 aromatic rings. The zero-order valence-electron chi connectivity index (χ0n) is 15.5. The molecule has 1 N–H and O–H groups in total. The molecule has 0 unspecified atom stereocenters. The smallest absolute Gasteiger partial charge is 0.274 e. The Morgan fingerprint density at radius 2 is 1.83 bits per heavy atom. The first-order valence-corrected chi connectivity index (χ1v) is 10.9. The van der Waals surface area contributed by atoms with Gasteiger partial charge in [0.25, 0.3) is 10.0 Å². The molecule has 1 amide bonds. The predicted molar refractivity (Wildman–Crippen MR) is 110 cm³/mol. The molecule has 1 aromatic heterocycles. The predicted octanol–water partition coefficient (Wildman–Crippen LogP) is 3.41. The van der Waals surface area contributed by atoms with Gasteiger partial charge in [0.2, 0.25) is 5.91 Å². The van der Waals surface area contributed by atoms with Gasteiger partial charge in [-0.3, -0.25) is 9.10 Å². The number of benzene rings is 2. The fourth-order valence-corrected chi connectivity index (χ4v) is 5.23. The maximum absolute atomic E-state index is 14.4. The number of hydrogen-bond donors (Lipinski definition) is 1. The zero-order valence-corrected chi connectivity index (χ0v) is 17.2. The Bertz CT molecular complexity index is 1090. The summed E-state index contributed by atoms with van der Waals surface area (Å²) in [6.07, 6.45) is 0. The van der Waals surface area contributed by atoms with E-state index < -0.39 is 28.3 Å². The van der Waals surface area contributed by atoms with Crippen LogP contribution in [0.15, 0.2) is 70.3 Å². The van der Waals surface area contributed by atoms with Crippen LogP contribution >= 0.6 is 11.3 Å². The van der Waals surface area contributed by atoms with Crippen molar-refractivity contribution in [3.8, 4) is 5.75 Å². The van der Waals surface area contributed by atoms with Crippen LogP contribution in [0.25, 0.3) is 0 Å². The SMILES string of the molecule is COc1ccccc1CNC(=O)CN(c1ccccc1F)S(=O)(=O)c1cccs1. The topological polar surface area (TPSA) is 75.7 Å². The first-order chi connectivity index (χ1) is 13.9. The highest BCUT2D eigenvalue weighted by Crippen LogP contribution is 2.28. The number of amides is 1. The molecule has 0 aliphatic carbocycles. The van der Waals surface area contributed by atoms with Crippen molar-refractivity contribution in [2.45, 2.75) is 10.8 Å². The van der Waals surface area contributed by atoms with Crippen LogP contribution < -0.4 is 14.4 Å². The maximum atomic E-state index is 14.4. The first kappa shape index (κ1) is 20.8. The average molecular weight is 435 g/mol. The number of rotatable bonds is 8. The molecular weight excluding hydrogens is 415 g/mol. The number of ether oxygens (including phenoxy) is 1. The summed E-state index contributed by atoms with van der Waals surface area (Å²) in [4.78, 5) is 12.6. The van der Waals surface area contributed by atoms with Crippen LogP contribution in [-0.4, -0.2) is 28.0 Å². The van der Waals surface area contributed by atoms with Gasteiger partial charge >= 0.3 is 0 Å². The summed E-state index contributed by atoms with van der Waals surface area (Å²) >= 11 is 1.00. The van der Waals surface area contributed by atoms with E-state index in [-0.39, 0.29) is 16.4 Å². The standard InChI is InChI=1S/C20H19FN2O4S2/c1-27-18-10-5-2-7-15(18)13-22-19(24)14-23(17-9-4-3-8-16(17)21)29(25,26)20-11-6-12-28-20/h2-12H,13-14H2,1H3,(H,22,24). The molecule has 29 heavy (non-hydrogen) atoms. The summed E-state index contributed by atoms with van der Waals surface area (Å²) < 4.78 is 46.5. The number of carbonyl (C=O) groups is 1. The third-order valence-electron chi connectivity index (χ3n) is 4.12. The highest BCUT2D eigenvalue weighted by atomic mass is 32.2. The van der Waals surface area contributed by atoms with E-state index in [0.29, 0.717) is 5.75 Å². The minimum atomic E-state index is -4.10. The highest BCUT2D eigenvalue weighted by Gasteiger charge is 2.29. The lowest BCUT2D eigenvalue weighted by molar-refractivity contribution is -0.119. The fourth-order valence-electron chi connectivity index (χ4n) is 2.70. The molecule has 0 fully saturated rings. The number of methoxy groups -OCH3 is 1. The number of nitrogens with one attached hydrogen (secondary N) is 1. The summed E-state index contributed by atoms with van der Waals surface area (Å²) in [7, 11) is -2.58. The van der Waals surface area contributed by atoms with E-state index in [9.17, 15) is 17.6 Å². The van der Waals surface area contributed by atoms with E-state index in [0.717, 1.165) is 27.3 Å². The van der Waals surface area contributed by atoms with Crippen LogP contribution in [0.5, 0.6) is 5.75 Å². The van der Waals surface area contributed by atoms with Crippen LogP contribution in [0.4, 0.5) is 10.1 Å². The normalized spacial score (nSPS) is 11.1. The van der Waals surface area contributed by atoms with Crippen LogP contribution in [-0.2, 0) is 21.4 Å². The van der Waals surface area contributed by atoms with Gasteiger partial charge < -0.3 is 10.1 Å². The van der Waals surface area contributed by atoms with Crippen LogP contribution in [0, 0.1) is 5.82 Å². The van der Waals surface area contributed by atoms with E-state index >= 15 is 0 Å². The maximum Gasteiger partial charge on any atom is 0.274 e. The molecule has 0 radical (unpaired) electrons. The monoisotopic (exact) mass is 434 g/mol. The number of halogens is 1. The van der Waals surface area contributed by atoms with Gasteiger partial charge in [0.1, 0.15) is 22.3 Å². The van der Waals surface area contributed by atoms with Gasteiger partial charge in [-0.05, 0) is 29.6 Å². The van der Waals surface area contributed by atoms with E-state index in [4.69, 9.17) is 4.74 Å². The Balaban J connectivity index is 1.84. The average Bonchev–Trinajstić information content (AvgIpc) is 3.27. The van der Waals surface area contributed by atoms with E-state index in [1.807, 2.05) is 0 Å². The molecular formula is C20H19FN2O4S2. The van der Waals surface area contributed by atoms with Crippen molar-refractivity contribution < 1.29 is 22.3 Å². The van der Waals surface area contributed by atoms with Gasteiger partial charge in [-0.25, -0.2) is 12.8 Å². The largest absolute Gasteiger partial charge is 0.496 e. The molecule has 1 heterocycles. The molecule has 0 atom stereocenters. The van der Waals surface area contributed by atoms with Gasteiger partial charge in [-0.1, -0.05) is 36.4 Å². The van der Waals surface area contributed by atoms with E-state index in [2.05, 4.69) is 5.32 Å². The molecule has 9 heteroatoms. The van der Waals surface area contributed by atoms with Gasteiger partial charge in [-0.2, -0.15) is 0 Å². The van der Waals surface area contributed by atoms with Crippen LogP contribution in [0.2, 0.25) is 0 Å². The third kappa shape index (κ3) is 4.75. The first-order valence-electron chi connectivity index (χ1n) is 8.63. The molecule has 0 aliphatic rings. The number of para-hydroxylation sites is 2. The number of nitrogens with zero attached hydrogens (tertiary/aromatic N) is 1. The molecule has 3 rings (SSSR count). The van der Waals surface area contributed by atoms with Crippen molar-refractivity contribution in [2.75, 3.05) is 18.0 Å². The Labute approximate surface area is 172 Å². The van der Waals surface area contributed by atoms with E-state index in [1.165, 1.54) is 31.4 Å². The van der Waals surface area contributed by atoms with Crippen molar-refractivity contribution in [3.05, 3.63) is 77.4 Å². The quantitative estimate of drug-likeness (QED) is 0.590. The van der Waals surface area contributed by atoms with Gasteiger partial charge in [0.15, 0.2) is 0 Å². The molecule has 2 aromatic carbocycles. The Morgan fingerprint density at radius 3 is 2.52 bits per heavy atom. The molecule has 0 spiro atoms. The molecule has 0 bridgehead atoms. The van der Waals surface area contributed by atoms with Crippen molar-refractivity contribution >= 4 is 33.0 Å². The lowest BCUT2D eigenvalue weighted by Gasteiger charge is -2.23. The zero-order chi connectivity index (χ0) is 20.9. The number of hydrogen-bond acceptors (Lipinski definition) is 5. The highest BCUT2D eigenvalue weighted by molar-refractivity contribution is 7.94. The summed E-state index contributed by atoms with van der Waals surface area (Å²) in [5, 5.41) is 4.27. The summed E-state index contributed by atoms with van der Waals surface area (Å²) in [5.74, 6) is -0.700. The van der Waals surface area contributed by atoms with Gasteiger partial charge in [0, 0.05) is 12.1 Å². The number of anilines is 1. The fraction of sp³-hybridized carbons (Fsp3) is 0.150. The second kappa shape index (κ2) is 9.06. The minimum absolute atomic E-state index is 0.0262. The Kier molecular flexibility index (Phi) is 6.50. The van der Waals surface area contributed by atoms with Crippen molar-refractivity contribution in [3.63, 3.8) is 0 Å². The number of carbonyl (C=O) groups excluding carboxylic acids is 1.